The number of methoxy groups -OCH3 is 2. The Morgan fingerprint density at radius 1 is 1.18 bits per heavy atom. The van der Waals surface area contributed by atoms with E-state index in [9.17, 15) is 10.1 Å². The maximum Gasteiger partial charge on any atom is 0.237 e. The quantitative estimate of drug-likeness (QED) is 0.743. The summed E-state index contributed by atoms with van der Waals surface area (Å²) in [5.74, 6) is 1.01. The molecule has 0 radical (unpaired) electrons. The molecule has 0 spiro atoms. The third-order valence-corrected chi connectivity index (χ3v) is 5.77. The van der Waals surface area contributed by atoms with Gasteiger partial charge in [0.05, 0.1) is 25.0 Å². The molecule has 1 aromatic heterocycles. The second kappa shape index (κ2) is 8.98. The predicted molar refractivity (Wildman–Crippen MR) is 109 cm³/mol. The average Bonchev–Trinajstić information content (AvgIpc) is 2.72. The summed E-state index contributed by atoms with van der Waals surface area (Å²) in [5, 5.41) is 12.6. The lowest BCUT2D eigenvalue weighted by Crippen LogP contribution is -2.23. The first-order valence-electron chi connectivity index (χ1n) is 9.17. The topological polar surface area (TPSA) is 84.2 Å². The number of nitrogens with zero attached hydrogens (tertiary/aromatic N) is 2. The number of hydrogen-bond acceptors (Lipinski definition) is 6. The molecule has 1 N–H and O–H groups in total. The number of ether oxygens (including phenoxy) is 2. The molecule has 1 aliphatic rings. The number of hydrogen-bond donors (Lipinski definition) is 1. The summed E-state index contributed by atoms with van der Waals surface area (Å²) >= 11 is 1.31. The van der Waals surface area contributed by atoms with Crippen molar-refractivity contribution in [2.24, 2.45) is 0 Å². The number of benzene rings is 1. The van der Waals surface area contributed by atoms with Crippen molar-refractivity contribution in [2.75, 3.05) is 19.5 Å². The van der Waals surface area contributed by atoms with Crippen LogP contribution in [0.25, 0.3) is 0 Å². The van der Waals surface area contributed by atoms with Gasteiger partial charge >= 0.3 is 0 Å². The summed E-state index contributed by atoms with van der Waals surface area (Å²) in [4.78, 5) is 17.4. The average molecular weight is 398 g/mol. The molecule has 0 saturated carbocycles. The fourth-order valence-corrected chi connectivity index (χ4v) is 4.02. The molecule has 0 fully saturated rings. The largest absolute Gasteiger partial charge is 0.497 e. The van der Waals surface area contributed by atoms with Gasteiger partial charge < -0.3 is 14.8 Å². The fourth-order valence-electron chi connectivity index (χ4n) is 3.13. The first kappa shape index (κ1) is 20.0. The first-order chi connectivity index (χ1) is 13.5. The van der Waals surface area contributed by atoms with Gasteiger partial charge in [0.2, 0.25) is 5.91 Å². The van der Waals surface area contributed by atoms with Crippen LogP contribution in [0.5, 0.6) is 11.5 Å². The van der Waals surface area contributed by atoms with Crippen LogP contribution < -0.4 is 14.8 Å². The van der Waals surface area contributed by atoms with Crippen LogP contribution >= 0.6 is 11.8 Å². The van der Waals surface area contributed by atoms with Crippen LogP contribution in [-0.4, -0.2) is 30.4 Å². The Morgan fingerprint density at radius 2 is 1.86 bits per heavy atom. The standard InChI is InChI=1S/C21H23N3O3S/c1-13(20(25)23-16-9-17(26-2)11-18(10-16)27-3)28-21-15(12-22)8-14-6-4-5-7-19(14)24-21/h8-11,13H,4-7H2,1-3H3,(H,23,25). The van der Waals surface area contributed by atoms with E-state index in [-0.39, 0.29) is 5.91 Å². The lowest BCUT2D eigenvalue weighted by Gasteiger charge is -2.18. The molecule has 1 atom stereocenters. The van der Waals surface area contributed by atoms with Crippen molar-refractivity contribution >= 4 is 23.4 Å². The Hall–Kier alpha value is -2.72. The van der Waals surface area contributed by atoms with Gasteiger partial charge in [-0.2, -0.15) is 5.26 Å². The predicted octanol–water partition coefficient (Wildman–Crippen LogP) is 3.97. The van der Waals surface area contributed by atoms with E-state index < -0.39 is 5.25 Å². The first-order valence-corrected chi connectivity index (χ1v) is 10.1. The highest BCUT2D eigenvalue weighted by molar-refractivity contribution is 8.00. The number of rotatable bonds is 6. The third kappa shape index (κ3) is 4.57. The van der Waals surface area contributed by atoms with Crippen LogP contribution in [0.2, 0.25) is 0 Å². The summed E-state index contributed by atoms with van der Waals surface area (Å²) < 4.78 is 10.5. The summed E-state index contributed by atoms with van der Waals surface area (Å²) in [6.07, 6.45) is 4.15. The molecule has 146 valence electrons. The molecule has 0 bridgehead atoms. The van der Waals surface area contributed by atoms with Crippen LogP contribution in [0, 0.1) is 11.3 Å². The molecule has 1 aromatic carbocycles. The minimum absolute atomic E-state index is 0.177. The van der Waals surface area contributed by atoms with Gasteiger partial charge in [-0.15, -0.1) is 0 Å². The number of pyridine rings is 1. The van der Waals surface area contributed by atoms with E-state index in [4.69, 9.17) is 9.47 Å². The summed E-state index contributed by atoms with van der Waals surface area (Å²) in [6.45, 7) is 1.81. The number of carbonyl (C=O) groups is 1. The molecule has 1 amide bonds. The zero-order chi connectivity index (χ0) is 20.1. The normalized spacial score (nSPS) is 13.8. The van der Waals surface area contributed by atoms with Crippen molar-refractivity contribution in [3.63, 3.8) is 0 Å². The van der Waals surface area contributed by atoms with E-state index in [1.54, 1.807) is 39.3 Å². The second-order valence-corrected chi connectivity index (χ2v) is 7.95. The molecule has 1 unspecified atom stereocenters. The van der Waals surface area contributed by atoms with Crippen LogP contribution in [0.15, 0.2) is 29.3 Å². The number of carbonyl (C=O) groups excluding carboxylic acids is 1. The molecule has 6 nitrogen and oxygen atoms in total. The van der Waals surface area contributed by atoms with E-state index in [2.05, 4.69) is 16.4 Å². The van der Waals surface area contributed by atoms with Crippen molar-refractivity contribution in [1.82, 2.24) is 4.98 Å². The van der Waals surface area contributed by atoms with E-state index in [0.717, 1.165) is 36.9 Å². The summed E-state index contributed by atoms with van der Waals surface area (Å²) in [7, 11) is 3.12. The van der Waals surface area contributed by atoms with Gasteiger partial charge in [-0.05, 0) is 44.2 Å². The van der Waals surface area contributed by atoms with E-state index in [0.29, 0.717) is 27.8 Å². The highest BCUT2D eigenvalue weighted by atomic mass is 32.2. The highest BCUT2D eigenvalue weighted by Crippen LogP contribution is 2.31. The van der Waals surface area contributed by atoms with Gasteiger partial charge in [-0.25, -0.2) is 4.98 Å². The lowest BCUT2D eigenvalue weighted by molar-refractivity contribution is -0.115. The maximum atomic E-state index is 12.7. The molecule has 1 heterocycles. The number of nitrogens with one attached hydrogen (secondary N) is 1. The Kier molecular flexibility index (Phi) is 6.42. The molecule has 3 rings (SSSR count). The molecule has 0 saturated heterocycles. The minimum atomic E-state index is -0.418. The van der Waals surface area contributed by atoms with Crippen molar-refractivity contribution in [3.8, 4) is 17.6 Å². The van der Waals surface area contributed by atoms with Crippen molar-refractivity contribution in [1.29, 1.82) is 5.26 Å². The highest BCUT2D eigenvalue weighted by Gasteiger charge is 2.21. The number of fused-ring (bicyclic) bond motifs is 1. The number of aromatic nitrogens is 1. The van der Waals surface area contributed by atoms with E-state index in [1.807, 2.05) is 6.07 Å². The Labute approximate surface area is 169 Å². The number of thioether (sulfide) groups is 1. The smallest absolute Gasteiger partial charge is 0.237 e. The van der Waals surface area contributed by atoms with Crippen LogP contribution in [-0.2, 0) is 17.6 Å². The Balaban J connectivity index is 1.75. The van der Waals surface area contributed by atoms with E-state index in [1.165, 1.54) is 11.8 Å². The minimum Gasteiger partial charge on any atom is -0.497 e. The van der Waals surface area contributed by atoms with Crippen LogP contribution in [0.4, 0.5) is 5.69 Å². The molecular weight excluding hydrogens is 374 g/mol. The Bertz CT molecular complexity index is 902. The van der Waals surface area contributed by atoms with Crippen molar-refractivity contribution in [2.45, 2.75) is 42.9 Å². The zero-order valence-corrected chi connectivity index (χ0v) is 17.1. The third-order valence-electron chi connectivity index (χ3n) is 4.66. The lowest BCUT2D eigenvalue weighted by atomic mass is 9.95. The van der Waals surface area contributed by atoms with Crippen LogP contribution in [0.1, 0.15) is 36.6 Å². The zero-order valence-electron chi connectivity index (χ0n) is 16.2. The van der Waals surface area contributed by atoms with Gasteiger partial charge in [-0.3, -0.25) is 4.79 Å². The van der Waals surface area contributed by atoms with Crippen LogP contribution in [0.3, 0.4) is 0 Å². The molecule has 1 aliphatic carbocycles. The van der Waals surface area contributed by atoms with Crippen molar-refractivity contribution in [3.05, 3.63) is 41.1 Å². The number of aryl methyl sites for hydroxylation is 2. The monoisotopic (exact) mass is 397 g/mol. The maximum absolute atomic E-state index is 12.7. The van der Waals surface area contributed by atoms with E-state index >= 15 is 0 Å². The van der Waals surface area contributed by atoms with Gasteiger partial charge in [0.25, 0.3) is 0 Å². The second-order valence-electron chi connectivity index (χ2n) is 6.62. The summed E-state index contributed by atoms with van der Waals surface area (Å²) in [6, 6.07) is 9.36. The fraction of sp³-hybridized carbons (Fsp3) is 0.381. The van der Waals surface area contributed by atoms with Gasteiger partial charge in [0.1, 0.15) is 22.6 Å². The molecular formula is C21H23N3O3S. The molecule has 2 aromatic rings. The Morgan fingerprint density at radius 3 is 2.50 bits per heavy atom. The SMILES string of the molecule is COc1cc(NC(=O)C(C)Sc2nc3c(cc2C#N)CCCC3)cc(OC)c1. The number of nitriles is 1. The molecule has 0 aliphatic heterocycles. The summed E-state index contributed by atoms with van der Waals surface area (Å²) in [5.41, 5.74) is 3.34. The molecule has 28 heavy (non-hydrogen) atoms. The van der Waals surface area contributed by atoms with Crippen molar-refractivity contribution < 1.29 is 14.3 Å². The van der Waals surface area contributed by atoms with Gasteiger partial charge in [-0.1, -0.05) is 11.8 Å². The number of anilines is 1. The van der Waals surface area contributed by atoms with Gasteiger partial charge in [0, 0.05) is 29.6 Å². The number of amides is 1. The van der Waals surface area contributed by atoms with Gasteiger partial charge in [0.15, 0.2) is 0 Å². The molecule has 7 heteroatoms.